The highest BCUT2D eigenvalue weighted by Gasteiger charge is 2.14. The molecule has 1 N–H and O–H groups in total. The van der Waals surface area contributed by atoms with Gasteiger partial charge < -0.3 is 9.84 Å². The first-order valence-electron chi connectivity index (χ1n) is 8.55. The Kier molecular flexibility index (Phi) is 5.61. The number of amides is 1. The van der Waals surface area contributed by atoms with Crippen molar-refractivity contribution in [2.75, 3.05) is 18.9 Å². The van der Waals surface area contributed by atoms with E-state index in [0.29, 0.717) is 23.8 Å². The van der Waals surface area contributed by atoms with E-state index in [9.17, 15) is 9.18 Å². The molecule has 140 valence electrons. The highest BCUT2D eigenvalue weighted by Crippen LogP contribution is 2.18. The number of hydrogen-bond acceptors (Lipinski definition) is 5. The van der Waals surface area contributed by atoms with Crippen LogP contribution in [0, 0.1) is 19.7 Å². The summed E-state index contributed by atoms with van der Waals surface area (Å²) in [5.74, 6) is 0.330. The summed E-state index contributed by atoms with van der Waals surface area (Å²) in [5, 5.41) is 6.82. The first-order chi connectivity index (χ1) is 12.9. The van der Waals surface area contributed by atoms with Gasteiger partial charge in [0.1, 0.15) is 5.82 Å². The Labute approximate surface area is 157 Å². The molecule has 6 nitrogen and oxygen atoms in total. The quantitative estimate of drug-likeness (QED) is 0.720. The molecule has 3 aromatic rings. The molecule has 0 spiro atoms. The number of nitrogens with zero attached hydrogens (tertiary/aromatic N) is 3. The van der Waals surface area contributed by atoms with E-state index in [-0.39, 0.29) is 18.3 Å². The monoisotopic (exact) mass is 368 g/mol. The topological polar surface area (TPSA) is 71.3 Å². The third-order valence-electron chi connectivity index (χ3n) is 4.27. The number of rotatable bonds is 6. The maximum Gasteiger partial charge on any atom is 0.241 e. The van der Waals surface area contributed by atoms with Crippen LogP contribution < -0.4 is 5.32 Å². The molecule has 1 aromatic heterocycles. The van der Waals surface area contributed by atoms with Crippen LogP contribution >= 0.6 is 0 Å². The van der Waals surface area contributed by atoms with Crippen molar-refractivity contribution in [3.8, 4) is 11.4 Å². The van der Waals surface area contributed by atoms with E-state index in [4.69, 9.17) is 4.52 Å². The zero-order chi connectivity index (χ0) is 19.4. The molecular weight excluding hydrogens is 347 g/mol. The van der Waals surface area contributed by atoms with Gasteiger partial charge in [-0.15, -0.1) is 0 Å². The maximum absolute atomic E-state index is 13.0. The molecule has 0 fully saturated rings. The van der Waals surface area contributed by atoms with Gasteiger partial charge in [-0.2, -0.15) is 4.98 Å². The summed E-state index contributed by atoms with van der Waals surface area (Å²) < 4.78 is 18.2. The van der Waals surface area contributed by atoms with E-state index >= 15 is 0 Å². The van der Waals surface area contributed by atoms with Crippen LogP contribution in [0.1, 0.15) is 17.0 Å². The number of benzene rings is 2. The first kappa shape index (κ1) is 18.7. The number of aryl methyl sites for hydroxylation is 1. The van der Waals surface area contributed by atoms with Crippen LogP contribution in [0.2, 0.25) is 0 Å². The van der Waals surface area contributed by atoms with Gasteiger partial charge in [-0.25, -0.2) is 4.39 Å². The lowest BCUT2D eigenvalue weighted by Gasteiger charge is -2.15. The zero-order valence-electron chi connectivity index (χ0n) is 15.5. The summed E-state index contributed by atoms with van der Waals surface area (Å²) in [6, 6.07) is 11.7. The minimum Gasteiger partial charge on any atom is -0.338 e. The summed E-state index contributed by atoms with van der Waals surface area (Å²) in [4.78, 5) is 18.4. The number of aromatic nitrogens is 2. The molecule has 1 amide bonds. The fraction of sp³-hybridized carbons (Fsp3) is 0.250. The molecule has 0 saturated heterocycles. The first-order valence-corrected chi connectivity index (χ1v) is 8.55. The third-order valence-corrected chi connectivity index (χ3v) is 4.27. The number of hydrogen-bond donors (Lipinski definition) is 1. The van der Waals surface area contributed by atoms with Crippen molar-refractivity contribution in [2.24, 2.45) is 0 Å². The van der Waals surface area contributed by atoms with E-state index in [1.165, 1.54) is 12.1 Å². The van der Waals surface area contributed by atoms with Crippen molar-refractivity contribution in [3.63, 3.8) is 0 Å². The SMILES string of the molecule is Cc1cccc(NC(=O)CN(C)Cc2nc(-c3ccc(F)cc3)no2)c1C. The van der Waals surface area contributed by atoms with Crippen LogP contribution in [0.3, 0.4) is 0 Å². The molecule has 7 heteroatoms. The molecule has 0 atom stereocenters. The summed E-state index contributed by atoms with van der Waals surface area (Å²) in [6.07, 6.45) is 0. The molecule has 0 radical (unpaired) electrons. The molecule has 1 heterocycles. The predicted octanol–water partition coefficient (Wildman–Crippen LogP) is 3.56. The van der Waals surface area contributed by atoms with E-state index < -0.39 is 0 Å². The second-order valence-corrected chi connectivity index (χ2v) is 6.49. The van der Waals surface area contributed by atoms with Crippen molar-refractivity contribution < 1.29 is 13.7 Å². The zero-order valence-corrected chi connectivity index (χ0v) is 15.5. The Balaban J connectivity index is 1.57. The van der Waals surface area contributed by atoms with Gasteiger partial charge in [0.15, 0.2) is 0 Å². The molecule has 0 saturated carbocycles. The molecule has 0 aliphatic carbocycles. The third kappa shape index (κ3) is 4.77. The maximum atomic E-state index is 13.0. The second kappa shape index (κ2) is 8.09. The molecule has 0 bridgehead atoms. The van der Waals surface area contributed by atoms with Gasteiger partial charge in [-0.05, 0) is 62.4 Å². The standard InChI is InChI=1S/C20H21FN4O2/c1-13-5-4-6-17(14(13)2)22-18(26)11-25(3)12-19-23-20(24-27-19)15-7-9-16(21)10-8-15/h4-10H,11-12H2,1-3H3,(H,22,26). The molecule has 0 aliphatic heterocycles. The number of nitrogens with one attached hydrogen (secondary N) is 1. The van der Waals surface area contributed by atoms with Gasteiger partial charge in [0, 0.05) is 11.3 Å². The van der Waals surface area contributed by atoms with E-state index in [0.717, 1.165) is 16.8 Å². The van der Waals surface area contributed by atoms with Crippen LogP contribution in [0.4, 0.5) is 10.1 Å². The summed E-state index contributed by atoms with van der Waals surface area (Å²) in [5.41, 5.74) is 3.65. The molecule has 0 aliphatic rings. The minimum absolute atomic E-state index is 0.121. The highest BCUT2D eigenvalue weighted by atomic mass is 19.1. The average Bonchev–Trinajstić information content (AvgIpc) is 3.07. The van der Waals surface area contributed by atoms with Crippen molar-refractivity contribution in [1.82, 2.24) is 15.0 Å². The van der Waals surface area contributed by atoms with E-state index in [1.54, 1.807) is 24.1 Å². The van der Waals surface area contributed by atoms with Gasteiger partial charge in [-0.1, -0.05) is 17.3 Å². The van der Waals surface area contributed by atoms with E-state index in [2.05, 4.69) is 15.5 Å². The van der Waals surface area contributed by atoms with Crippen LogP contribution in [-0.2, 0) is 11.3 Å². The number of carbonyl (C=O) groups is 1. The lowest BCUT2D eigenvalue weighted by molar-refractivity contribution is -0.117. The van der Waals surface area contributed by atoms with Crippen molar-refractivity contribution >= 4 is 11.6 Å². The Morgan fingerprint density at radius 3 is 2.67 bits per heavy atom. The minimum atomic E-state index is -0.322. The Morgan fingerprint density at radius 1 is 1.19 bits per heavy atom. The highest BCUT2D eigenvalue weighted by molar-refractivity contribution is 5.93. The Bertz CT molecular complexity index is 937. The van der Waals surface area contributed by atoms with Crippen molar-refractivity contribution in [2.45, 2.75) is 20.4 Å². The van der Waals surface area contributed by atoms with Gasteiger partial charge in [0.25, 0.3) is 0 Å². The summed E-state index contributed by atoms with van der Waals surface area (Å²) in [7, 11) is 1.80. The number of anilines is 1. The summed E-state index contributed by atoms with van der Waals surface area (Å²) >= 11 is 0. The lowest BCUT2D eigenvalue weighted by atomic mass is 10.1. The Morgan fingerprint density at radius 2 is 1.93 bits per heavy atom. The van der Waals surface area contributed by atoms with Gasteiger partial charge in [-0.3, -0.25) is 9.69 Å². The molecular formula is C20H21FN4O2. The van der Waals surface area contributed by atoms with Gasteiger partial charge >= 0.3 is 0 Å². The smallest absolute Gasteiger partial charge is 0.241 e. The fourth-order valence-electron chi connectivity index (χ4n) is 2.64. The number of halogens is 1. The van der Waals surface area contributed by atoms with Crippen LogP contribution in [0.15, 0.2) is 47.0 Å². The van der Waals surface area contributed by atoms with Gasteiger partial charge in [0.2, 0.25) is 17.6 Å². The largest absolute Gasteiger partial charge is 0.338 e. The Hall–Kier alpha value is -3.06. The van der Waals surface area contributed by atoms with Crippen molar-refractivity contribution in [3.05, 3.63) is 65.3 Å². The van der Waals surface area contributed by atoms with Crippen LogP contribution in [-0.4, -0.2) is 34.5 Å². The fourth-order valence-corrected chi connectivity index (χ4v) is 2.64. The second-order valence-electron chi connectivity index (χ2n) is 6.49. The van der Waals surface area contributed by atoms with Crippen molar-refractivity contribution in [1.29, 1.82) is 0 Å². The lowest BCUT2D eigenvalue weighted by Crippen LogP contribution is -2.30. The summed E-state index contributed by atoms with van der Waals surface area (Å²) in [6.45, 7) is 4.49. The number of carbonyl (C=O) groups excluding carboxylic acids is 1. The molecule has 0 unspecified atom stereocenters. The normalized spacial score (nSPS) is 11.0. The van der Waals surface area contributed by atoms with Gasteiger partial charge in [0.05, 0.1) is 13.1 Å². The van der Waals surface area contributed by atoms with Crippen LogP contribution in [0.25, 0.3) is 11.4 Å². The van der Waals surface area contributed by atoms with Crippen LogP contribution in [0.5, 0.6) is 0 Å². The number of likely N-dealkylation sites (N-methyl/N-ethyl adjacent to an activating group) is 1. The molecule has 27 heavy (non-hydrogen) atoms. The molecule has 3 rings (SSSR count). The predicted molar refractivity (Wildman–Crippen MR) is 101 cm³/mol. The molecule has 2 aromatic carbocycles. The van der Waals surface area contributed by atoms with E-state index in [1.807, 2.05) is 32.0 Å². The average molecular weight is 368 g/mol.